The lowest BCUT2D eigenvalue weighted by Crippen LogP contribution is -2.13. The summed E-state index contributed by atoms with van der Waals surface area (Å²) in [6.07, 6.45) is 5.49. The molecule has 1 aromatic carbocycles. The van der Waals surface area contributed by atoms with Crippen molar-refractivity contribution < 1.29 is 29.3 Å². The van der Waals surface area contributed by atoms with Crippen LogP contribution in [0.25, 0.3) is 0 Å². The summed E-state index contributed by atoms with van der Waals surface area (Å²) in [7, 11) is 0. The molecule has 8 nitrogen and oxygen atoms in total. The van der Waals surface area contributed by atoms with Crippen LogP contribution in [0.1, 0.15) is 31.9 Å². The second-order valence-electron chi connectivity index (χ2n) is 7.10. The van der Waals surface area contributed by atoms with Crippen LogP contribution in [-0.4, -0.2) is 51.5 Å². The molecule has 1 heterocycles. The Bertz CT molecular complexity index is 739. The van der Waals surface area contributed by atoms with Gasteiger partial charge in [0.25, 0.3) is 0 Å². The number of aliphatic carboxylic acids is 2. The number of nitrogens with zero attached hydrogens (tertiary/aromatic N) is 2. The van der Waals surface area contributed by atoms with E-state index >= 15 is 0 Å². The minimum absolute atomic E-state index is 0.166. The van der Waals surface area contributed by atoms with Gasteiger partial charge in [0.2, 0.25) is 0 Å². The highest BCUT2D eigenvalue weighted by molar-refractivity contribution is 6.27. The highest BCUT2D eigenvalue weighted by atomic mass is 16.5. The SMILES string of the molecule is Cc1cc(C(C)(C)C)ccc1OCCOCCn1ccnc1.O=C(O)C(=O)O. The number of carboxylic acids is 2. The molecule has 1 aromatic heterocycles. The molecule has 0 unspecified atom stereocenters. The number of carbonyl (C=O) groups is 2. The summed E-state index contributed by atoms with van der Waals surface area (Å²) in [6, 6.07) is 6.40. The minimum atomic E-state index is -1.82. The predicted octanol–water partition coefficient (Wildman–Crippen LogP) is 2.74. The van der Waals surface area contributed by atoms with Crippen LogP contribution in [0.3, 0.4) is 0 Å². The molecule has 8 heteroatoms. The third-order valence-corrected chi connectivity index (χ3v) is 3.76. The molecule has 0 saturated heterocycles. The zero-order valence-electron chi connectivity index (χ0n) is 16.7. The lowest BCUT2D eigenvalue weighted by atomic mass is 9.86. The molecule has 0 fully saturated rings. The molecule has 154 valence electrons. The van der Waals surface area contributed by atoms with Gasteiger partial charge in [-0.15, -0.1) is 0 Å². The van der Waals surface area contributed by atoms with E-state index in [4.69, 9.17) is 29.3 Å². The van der Waals surface area contributed by atoms with Gasteiger partial charge in [0.05, 0.1) is 19.5 Å². The van der Waals surface area contributed by atoms with E-state index in [-0.39, 0.29) is 5.41 Å². The second kappa shape index (κ2) is 11.1. The molecule has 0 spiro atoms. The van der Waals surface area contributed by atoms with Crippen LogP contribution < -0.4 is 4.74 Å². The van der Waals surface area contributed by atoms with Gasteiger partial charge in [-0.05, 0) is 29.5 Å². The largest absolute Gasteiger partial charge is 0.491 e. The third-order valence-electron chi connectivity index (χ3n) is 3.76. The van der Waals surface area contributed by atoms with Crippen molar-refractivity contribution in [2.75, 3.05) is 19.8 Å². The Morgan fingerprint density at radius 3 is 2.29 bits per heavy atom. The quantitative estimate of drug-likeness (QED) is 0.550. The predicted molar refractivity (Wildman–Crippen MR) is 104 cm³/mol. The summed E-state index contributed by atoms with van der Waals surface area (Å²) < 4.78 is 13.4. The van der Waals surface area contributed by atoms with E-state index in [0.717, 1.165) is 12.3 Å². The summed E-state index contributed by atoms with van der Waals surface area (Å²) in [4.78, 5) is 22.2. The fraction of sp³-hybridized carbons (Fsp3) is 0.450. The Labute approximate surface area is 164 Å². The van der Waals surface area contributed by atoms with Crippen molar-refractivity contribution in [3.05, 3.63) is 48.0 Å². The number of ether oxygens (including phenoxy) is 2. The highest BCUT2D eigenvalue weighted by Crippen LogP contribution is 2.27. The van der Waals surface area contributed by atoms with Gasteiger partial charge in [-0.3, -0.25) is 0 Å². The van der Waals surface area contributed by atoms with Gasteiger partial charge < -0.3 is 24.3 Å². The number of carboxylic acid groups (broad SMARTS) is 2. The lowest BCUT2D eigenvalue weighted by Gasteiger charge is -2.20. The van der Waals surface area contributed by atoms with Crippen molar-refractivity contribution in [3.63, 3.8) is 0 Å². The zero-order chi connectivity index (χ0) is 21.2. The van der Waals surface area contributed by atoms with Gasteiger partial charge in [-0.1, -0.05) is 32.9 Å². The number of aryl methyl sites for hydroxylation is 1. The smallest absolute Gasteiger partial charge is 0.414 e. The molecule has 0 aliphatic carbocycles. The Morgan fingerprint density at radius 1 is 1.11 bits per heavy atom. The standard InChI is InChI=1S/C18H26N2O2.C2H2O4/c1-15-13-16(18(2,3)4)5-6-17(15)22-12-11-21-10-9-20-8-7-19-14-20;3-1(4)2(5)6/h5-8,13-14H,9-12H2,1-4H3;(H,3,4)(H,5,6). The first-order valence-corrected chi connectivity index (χ1v) is 8.85. The second-order valence-corrected chi connectivity index (χ2v) is 7.10. The molecule has 0 aliphatic heterocycles. The lowest BCUT2D eigenvalue weighted by molar-refractivity contribution is -0.159. The van der Waals surface area contributed by atoms with Crippen molar-refractivity contribution in [1.29, 1.82) is 0 Å². The van der Waals surface area contributed by atoms with Crippen LogP contribution in [0, 0.1) is 6.92 Å². The van der Waals surface area contributed by atoms with Crippen molar-refractivity contribution in [1.82, 2.24) is 9.55 Å². The summed E-state index contributed by atoms with van der Waals surface area (Å²) in [5.74, 6) is -2.71. The summed E-state index contributed by atoms with van der Waals surface area (Å²) in [5.41, 5.74) is 2.67. The number of hydrogen-bond acceptors (Lipinski definition) is 5. The van der Waals surface area contributed by atoms with Gasteiger partial charge in [0.1, 0.15) is 12.4 Å². The molecule has 2 rings (SSSR count). The van der Waals surface area contributed by atoms with Gasteiger partial charge in [-0.2, -0.15) is 0 Å². The number of rotatable bonds is 7. The van der Waals surface area contributed by atoms with E-state index in [2.05, 4.69) is 50.9 Å². The topological polar surface area (TPSA) is 111 Å². The first-order valence-electron chi connectivity index (χ1n) is 8.85. The van der Waals surface area contributed by atoms with Crippen LogP contribution in [0.5, 0.6) is 5.75 Å². The Kier molecular flexibility index (Phi) is 9.17. The van der Waals surface area contributed by atoms with Crippen molar-refractivity contribution in [2.24, 2.45) is 0 Å². The average molecular weight is 392 g/mol. The molecule has 28 heavy (non-hydrogen) atoms. The number of benzene rings is 1. The van der Waals surface area contributed by atoms with Gasteiger partial charge in [-0.25, -0.2) is 14.6 Å². The maximum atomic E-state index is 9.10. The summed E-state index contributed by atoms with van der Waals surface area (Å²) >= 11 is 0. The monoisotopic (exact) mass is 392 g/mol. The molecule has 0 bridgehead atoms. The molecular formula is C20H28N2O6. The van der Waals surface area contributed by atoms with Crippen LogP contribution >= 0.6 is 0 Å². The average Bonchev–Trinajstić information content (AvgIpc) is 3.12. The van der Waals surface area contributed by atoms with Crippen molar-refractivity contribution in [3.8, 4) is 5.75 Å². The molecular weight excluding hydrogens is 364 g/mol. The van der Waals surface area contributed by atoms with Crippen LogP contribution in [-0.2, 0) is 26.3 Å². The van der Waals surface area contributed by atoms with E-state index in [1.54, 1.807) is 12.5 Å². The molecule has 2 N–H and O–H groups in total. The zero-order valence-corrected chi connectivity index (χ0v) is 16.7. The molecule has 0 amide bonds. The van der Waals surface area contributed by atoms with Crippen LogP contribution in [0.2, 0.25) is 0 Å². The number of imidazole rings is 1. The fourth-order valence-electron chi connectivity index (χ4n) is 2.18. The fourth-order valence-corrected chi connectivity index (χ4v) is 2.18. The van der Waals surface area contributed by atoms with E-state index in [1.807, 2.05) is 10.8 Å². The molecule has 2 aromatic rings. The van der Waals surface area contributed by atoms with E-state index in [9.17, 15) is 0 Å². The summed E-state index contributed by atoms with van der Waals surface area (Å²) in [6.45, 7) is 11.4. The number of aromatic nitrogens is 2. The van der Waals surface area contributed by atoms with Crippen LogP contribution in [0.15, 0.2) is 36.9 Å². The van der Waals surface area contributed by atoms with Crippen LogP contribution in [0.4, 0.5) is 0 Å². The van der Waals surface area contributed by atoms with E-state index < -0.39 is 11.9 Å². The Hall–Kier alpha value is -2.87. The minimum Gasteiger partial charge on any atom is -0.491 e. The molecule has 0 aliphatic rings. The normalized spacial score (nSPS) is 10.7. The van der Waals surface area contributed by atoms with E-state index in [0.29, 0.717) is 19.8 Å². The van der Waals surface area contributed by atoms with Gasteiger partial charge in [0.15, 0.2) is 0 Å². The molecule has 0 atom stereocenters. The highest BCUT2D eigenvalue weighted by Gasteiger charge is 2.14. The Balaban J connectivity index is 0.000000568. The van der Waals surface area contributed by atoms with Crippen molar-refractivity contribution in [2.45, 2.75) is 39.7 Å². The number of hydrogen-bond donors (Lipinski definition) is 2. The third kappa shape index (κ3) is 8.68. The maximum absolute atomic E-state index is 9.10. The first-order chi connectivity index (χ1) is 13.1. The molecule has 0 radical (unpaired) electrons. The molecule has 0 saturated carbocycles. The van der Waals surface area contributed by atoms with Gasteiger partial charge >= 0.3 is 11.9 Å². The van der Waals surface area contributed by atoms with E-state index in [1.165, 1.54) is 11.1 Å². The first kappa shape index (κ1) is 23.2. The van der Waals surface area contributed by atoms with Crippen molar-refractivity contribution >= 4 is 11.9 Å². The summed E-state index contributed by atoms with van der Waals surface area (Å²) in [5, 5.41) is 14.8. The van der Waals surface area contributed by atoms with Gasteiger partial charge in [0, 0.05) is 18.9 Å². The Morgan fingerprint density at radius 2 is 1.79 bits per heavy atom. The maximum Gasteiger partial charge on any atom is 0.414 e.